The van der Waals surface area contributed by atoms with Crippen molar-refractivity contribution in [1.82, 2.24) is 9.88 Å². The molecule has 0 radical (unpaired) electrons. The van der Waals surface area contributed by atoms with Gasteiger partial charge in [0.15, 0.2) is 0 Å². The third kappa shape index (κ3) is 2.27. The summed E-state index contributed by atoms with van der Waals surface area (Å²) in [5.74, 6) is 0.310. The smallest absolute Gasteiger partial charge is 0.220 e. The zero-order valence-corrected chi connectivity index (χ0v) is 14.3. The van der Waals surface area contributed by atoms with Crippen LogP contribution in [0.3, 0.4) is 0 Å². The number of nitrogens with one attached hydrogen (secondary N) is 1. The quantitative estimate of drug-likeness (QED) is 0.878. The molecule has 3 heterocycles. The van der Waals surface area contributed by atoms with Crippen molar-refractivity contribution in [1.29, 1.82) is 0 Å². The van der Waals surface area contributed by atoms with Gasteiger partial charge in [0.25, 0.3) is 0 Å². The van der Waals surface area contributed by atoms with E-state index in [9.17, 15) is 9.90 Å². The molecule has 0 saturated heterocycles. The highest BCUT2D eigenvalue weighted by atomic mass is 16.3. The molecule has 2 unspecified atom stereocenters. The average Bonchev–Trinajstić information content (AvgIpc) is 3.01. The minimum atomic E-state index is 0.00993. The van der Waals surface area contributed by atoms with Gasteiger partial charge in [-0.25, -0.2) is 0 Å². The molecular formula is C20H26N2O2. The van der Waals surface area contributed by atoms with Gasteiger partial charge in [-0.05, 0) is 37.3 Å². The SMILES string of the molecule is CC[C@@]12CCCn3c(CO)cc(c31)C1C=CC=CC1NC(=O)CC2. The highest BCUT2D eigenvalue weighted by Crippen LogP contribution is 2.47. The molecular weight excluding hydrogens is 300 g/mol. The van der Waals surface area contributed by atoms with E-state index in [0.717, 1.165) is 37.9 Å². The lowest BCUT2D eigenvalue weighted by atomic mass is 9.69. The predicted molar refractivity (Wildman–Crippen MR) is 93.7 cm³/mol. The van der Waals surface area contributed by atoms with Crippen LogP contribution < -0.4 is 5.32 Å². The number of aliphatic hydroxyl groups is 1. The largest absolute Gasteiger partial charge is 0.390 e. The average molecular weight is 326 g/mol. The zero-order chi connectivity index (χ0) is 16.7. The van der Waals surface area contributed by atoms with Gasteiger partial charge in [0.2, 0.25) is 5.91 Å². The molecule has 1 amide bonds. The Bertz CT molecular complexity index is 715. The highest BCUT2D eigenvalue weighted by Gasteiger charge is 2.42. The Morgan fingerprint density at radius 1 is 1.33 bits per heavy atom. The van der Waals surface area contributed by atoms with Crippen LogP contribution in [0.2, 0.25) is 0 Å². The standard InChI is InChI=1S/C20H26N2O2/c1-2-20-9-5-11-22-14(13-23)12-16(19(20)22)15-6-3-4-7-17(15)21-18(24)8-10-20/h3-4,6-7,12,15,17,23H,2,5,8-11,13H2,1H3,(H,21,24)/t15?,17?,20-/m0/s1. The van der Waals surface area contributed by atoms with Crippen molar-refractivity contribution >= 4 is 5.91 Å². The third-order valence-corrected chi connectivity index (χ3v) is 6.24. The van der Waals surface area contributed by atoms with Crippen molar-refractivity contribution in [2.45, 2.75) is 69.6 Å². The molecule has 24 heavy (non-hydrogen) atoms. The van der Waals surface area contributed by atoms with Crippen molar-refractivity contribution in [3.05, 3.63) is 47.3 Å². The Kier molecular flexibility index (Phi) is 3.87. The number of hydrogen-bond donors (Lipinski definition) is 2. The van der Waals surface area contributed by atoms with Crippen molar-refractivity contribution in [2.24, 2.45) is 0 Å². The summed E-state index contributed by atoms with van der Waals surface area (Å²) in [7, 11) is 0. The lowest BCUT2D eigenvalue weighted by Crippen LogP contribution is -2.37. The van der Waals surface area contributed by atoms with Crippen molar-refractivity contribution in [2.75, 3.05) is 0 Å². The summed E-state index contributed by atoms with van der Waals surface area (Å²) in [5.41, 5.74) is 3.76. The van der Waals surface area contributed by atoms with E-state index in [0.29, 0.717) is 6.42 Å². The Labute approximate surface area is 143 Å². The van der Waals surface area contributed by atoms with Crippen LogP contribution in [-0.4, -0.2) is 21.6 Å². The van der Waals surface area contributed by atoms with Crippen LogP contribution in [0.4, 0.5) is 0 Å². The third-order valence-electron chi connectivity index (χ3n) is 6.24. The summed E-state index contributed by atoms with van der Waals surface area (Å²) in [6.07, 6.45) is 13.1. The first-order valence-electron chi connectivity index (χ1n) is 9.16. The van der Waals surface area contributed by atoms with E-state index in [1.165, 1.54) is 11.3 Å². The summed E-state index contributed by atoms with van der Waals surface area (Å²) < 4.78 is 2.35. The van der Waals surface area contributed by atoms with Gasteiger partial charge in [0, 0.05) is 35.7 Å². The number of aliphatic hydroxyl groups excluding tert-OH is 1. The number of hydrogen-bond acceptors (Lipinski definition) is 2. The molecule has 4 heteroatoms. The second kappa shape index (κ2) is 5.92. The van der Waals surface area contributed by atoms with E-state index in [2.05, 4.69) is 41.1 Å². The monoisotopic (exact) mass is 326 g/mol. The summed E-state index contributed by atoms with van der Waals surface area (Å²) in [4.78, 5) is 12.4. The molecule has 0 spiro atoms. The van der Waals surface area contributed by atoms with Gasteiger partial charge in [-0.3, -0.25) is 4.79 Å². The van der Waals surface area contributed by atoms with E-state index in [-0.39, 0.29) is 29.9 Å². The van der Waals surface area contributed by atoms with Crippen LogP contribution in [0.1, 0.15) is 61.9 Å². The van der Waals surface area contributed by atoms with Gasteiger partial charge in [-0.2, -0.15) is 0 Å². The van der Waals surface area contributed by atoms with Gasteiger partial charge in [-0.1, -0.05) is 31.2 Å². The fraction of sp³-hybridized carbons (Fsp3) is 0.550. The Morgan fingerprint density at radius 2 is 2.17 bits per heavy atom. The van der Waals surface area contributed by atoms with Gasteiger partial charge < -0.3 is 15.0 Å². The lowest BCUT2D eigenvalue weighted by Gasteiger charge is -2.40. The first kappa shape index (κ1) is 15.7. The molecule has 0 saturated carbocycles. The molecule has 3 atom stereocenters. The fourth-order valence-corrected chi connectivity index (χ4v) is 4.97. The molecule has 128 valence electrons. The molecule has 1 aromatic rings. The zero-order valence-electron chi connectivity index (χ0n) is 14.3. The van der Waals surface area contributed by atoms with E-state index in [4.69, 9.17) is 0 Å². The van der Waals surface area contributed by atoms with Crippen molar-refractivity contribution in [3.63, 3.8) is 0 Å². The minimum Gasteiger partial charge on any atom is -0.390 e. The fourth-order valence-electron chi connectivity index (χ4n) is 4.97. The Morgan fingerprint density at radius 3 is 2.96 bits per heavy atom. The number of allylic oxidation sites excluding steroid dienone is 2. The number of carbonyl (C=O) groups is 1. The van der Waals surface area contributed by atoms with Gasteiger partial charge in [0.1, 0.15) is 0 Å². The van der Waals surface area contributed by atoms with E-state index in [1.54, 1.807) is 0 Å². The molecule has 0 bridgehead atoms. The normalized spacial score (nSPS) is 31.5. The van der Waals surface area contributed by atoms with Crippen molar-refractivity contribution < 1.29 is 9.90 Å². The van der Waals surface area contributed by atoms with Crippen LogP contribution >= 0.6 is 0 Å². The maximum absolute atomic E-state index is 12.4. The number of aromatic nitrogens is 1. The van der Waals surface area contributed by atoms with Gasteiger partial charge in [0.05, 0.1) is 12.6 Å². The second-order valence-electron chi connectivity index (χ2n) is 7.38. The molecule has 4 nitrogen and oxygen atoms in total. The van der Waals surface area contributed by atoms with Crippen LogP contribution in [-0.2, 0) is 23.4 Å². The van der Waals surface area contributed by atoms with Crippen LogP contribution in [0, 0.1) is 0 Å². The summed E-state index contributed by atoms with van der Waals surface area (Å²) in [6.45, 7) is 3.30. The number of nitrogens with zero attached hydrogens (tertiary/aromatic N) is 1. The summed E-state index contributed by atoms with van der Waals surface area (Å²) in [5, 5.41) is 13.1. The topological polar surface area (TPSA) is 54.3 Å². The molecule has 3 aliphatic rings. The van der Waals surface area contributed by atoms with Crippen LogP contribution in [0.25, 0.3) is 0 Å². The summed E-state index contributed by atoms with van der Waals surface area (Å²) in [6, 6.07) is 2.19. The highest BCUT2D eigenvalue weighted by molar-refractivity contribution is 5.77. The van der Waals surface area contributed by atoms with E-state index >= 15 is 0 Å². The Hall–Kier alpha value is -1.81. The predicted octanol–water partition coefficient (Wildman–Crippen LogP) is 2.91. The van der Waals surface area contributed by atoms with Crippen molar-refractivity contribution in [3.8, 4) is 0 Å². The second-order valence-corrected chi connectivity index (χ2v) is 7.38. The molecule has 1 aliphatic carbocycles. The number of rotatable bonds is 2. The molecule has 0 aromatic carbocycles. The maximum Gasteiger partial charge on any atom is 0.220 e. The van der Waals surface area contributed by atoms with Crippen LogP contribution in [0.5, 0.6) is 0 Å². The minimum absolute atomic E-state index is 0.00993. The molecule has 0 fully saturated rings. The van der Waals surface area contributed by atoms with E-state index in [1.807, 2.05) is 6.08 Å². The number of amides is 1. The number of carbonyl (C=O) groups excluding carboxylic acids is 1. The van der Waals surface area contributed by atoms with Gasteiger partial charge in [-0.15, -0.1) is 0 Å². The first-order chi connectivity index (χ1) is 11.7. The van der Waals surface area contributed by atoms with E-state index < -0.39 is 0 Å². The summed E-state index contributed by atoms with van der Waals surface area (Å²) >= 11 is 0. The lowest BCUT2D eigenvalue weighted by molar-refractivity contribution is -0.122. The number of fused-ring (bicyclic) bond motifs is 2. The van der Waals surface area contributed by atoms with Gasteiger partial charge >= 0.3 is 0 Å². The maximum atomic E-state index is 12.4. The molecule has 1 aromatic heterocycles. The molecule has 4 rings (SSSR count). The first-order valence-corrected chi connectivity index (χ1v) is 9.16. The molecule has 2 N–H and O–H groups in total. The molecule has 2 aliphatic heterocycles. The Balaban J connectivity index is 1.94. The van der Waals surface area contributed by atoms with Crippen LogP contribution in [0.15, 0.2) is 30.4 Å².